The Labute approximate surface area is 149 Å². The summed E-state index contributed by atoms with van der Waals surface area (Å²) in [6, 6.07) is 3.18. The summed E-state index contributed by atoms with van der Waals surface area (Å²) >= 11 is 0. The van der Waals surface area contributed by atoms with Gasteiger partial charge in [-0.2, -0.15) is 0 Å². The number of piperidine rings is 1. The van der Waals surface area contributed by atoms with Gasteiger partial charge in [-0.05, 0) is 25.8 Å². The van der Waals surface area contributed by atoms with Gasteiger partial charge in [-0.15, -0.1) is 0 Å². The molecule has 0 aliphatic carbocycles. The maximum absolute atomic E-state index is 12.7. The summed E-state index contributed by atoms with van der Waals surface area (Å²) in [6.45, 7) is 3.31. The SMILES string of the molecule is Cc1c(C(=O)N[C@H]2CCCN(c3ncccn3)C2)cnc2cc(=O)[nH]n12. The van der Waals surface area contributed by atoms with Crippen LogP contribution in [0.2, 0.25) is 0 Å². The highest BCUT2D eigenvalue weighted by Gasteiger charge is 2.24. The summed E-state index contributed by atoms with van der Waals surface area (Å²) < 4.78 is 1.53. The monoisotopic (exact) mass is 353 g/mol. The molecule has 1 amide bonds. The number of H-pyrrole nitrogens is 1. The number of aromatic amines is 1. The number of aryl methyl sites for hydroxylation is 1. The molecule has 0 saturated carbocycles. The summed E-state index contributed by atoms with van der Waals surface area (Å²) in [6.07, 6.45) is 6.78. The predicted molar refractivity (Wildman–Crippen MR) is 95.3 cm³/mol. The average Bonchev–Trinajstić information content (AvgIpc) is 3.04. The van der Waals surface area contributed by atoms with E-state index in [1.54, 1.807) is 25.4 Å². The Morgan fingerprint density at radius 1 is 1.31 bits per heavy atom. The number of rotatable bonds is 3. The third kappa shape index (κ3) is 3.03. The molecule has 4 rings (SSSR count). The molecule has 9 nitrogen and oxygen atoms in total. The van der Waals surface area contributed by atoms with E-state index in [9.17, 15) is 9.59 Å². The zero-order chi connectivity index (χ0) is 18.1. The van der Waals surface area contributed by atoms with E-state index in [2.05, 4.69) is 30.3 Å². The second kappa shape index (κ2) is 6.58. The molecule has 1 fully saturated rings. The van der Waals surface area contributed by atoms with E-state index in [0.29, 0.717) is 29.4 Å². The molecular weight excluding hydrogens is 334 g/mol. The standard InChI is InChI=1S/C17H19N7O2/c1-11-13(9-20-14-8-15(25)22-24(11)14)16(26)21-12-4-2-7-23(10-12)17-18-5-3-6-19-17/h3,5-6,8-9,12H,2,4,7,10H2,1H3,(H,21,26)(H,22,25)/t12-/m0/s1. The van der Waals surface area contributed by atoms with Crippen molar-refractivity contribution >= 4 is 17.5 Å². The van der Waals surface area contributed by atoms with Gasteiger partial charge in [0.25, 0.3) is 11.5 Å². The Kier molecular flexibility index (Phi) is 4.11. The third-order valence-electron chi connectivity index (χ3n) is 4.60. The smallest absolute Gasteiger partial charge is 0.266 e. The number of anilines is 1. The van der Waals surface area contributed by atoms with E-state index in [1.807, 2.05) is 0 Å². The summed E-state index contributed by atoms with van der Waals surface area (Å²) in [5.41, 5.74) is 1.34. The molecule has 1 aliphatic heterocycles. The van der Waals surface area contributed by atoms with Crippen LogP contribution in [0.3, 0.4) is 0 Å². The first-order valence-electron chi connectivity index (χ1n) is 8.52. The second-order valence-electron chi connectivity index (χ2n) is 6.38. The molecule has 1 saturated heterocycles. The van der Waals surface area contributed by atoms with Gasteiger partial charge in [0.15, 0.2) is 5.65 Å². The Bertz CT molecular complexity index is 995. The maximum Gasteiger partial charge on any atom is 0.266 e. The molecule has 0 unspecified atom stereocenters. The first-order chi connectivity index (χ1) is 12.6. The molecule has 1 aliphatic rings. The largest absolute Gasteiger partial charge is 0.347 e. The van der Waals surface area contributed by atoms with Crippen LogP contribution in [0.4, 0.5) is 5.95 Å². The number of hydrogen-bond donors (Lipinski definition) is 2. The van der Waals surface area contributed by atoms with Crippen LogP contribution in [0, 0.1) is 6.92 Å². The van der Waals surface area contributed by atoms with Crippen LogP contribution in [0.15, 0.2) is 35.5 Å². The van der Waals surface area contributed by atoms with Gasteiger partial charge in [0.1, 0.15) is 0 Å². The van der Waals surface area contributed by atoms with Crippen molar-refractivity contribution in [3.63, 3.8) is 0 Å². The van der Waals surface area contributed by atoms with E-state index in [4.69, 9.17) is 0 Å². The van der Waals surface area contributed by atoms with Gasteiger partial charge in [0.05, 0.1) is 11.3 Å². The fourth-order valence-corrected chi connectivity index (χ4v) is 3.29. The lowest BCUT2D eigenvalue weighted by atomic mass is 10.1. The fourth-order valence-electron chi connectivity index (χ4n) is 3.29. The highest BCUT2D eigenvalue weighted by atomic mass is 16.2. The summed E-state index contributed by atoms with van der Waals surface area (Å²) in [4.78, 5) is 39.0. The van der Waals surface area contributed by atoms with Gasteiger partial charge < -0.3 is 10.2 Å². The molecule has 3 aromatic heterocycles. The minimum atomic E-state index is -0.246. The maximum atomic E-state index is 12.7. The Morgan fingerprint density at radius 3 is 2.92 bits per heavy atom. The number of hydrogen-bond acceptors (Lipinski definition) is 6. The van der Waals surface area contributed by atoms with Crippen molar-refractivity contribution in [2.45, 2.75) is 25.8 Å². The zero-order valence-electron chi connectivity index (χ0n) is 14.3. The molecule has 0 bridgehead atoms. The van der Waals surface area contributed by atoms with Gasteiger partial charge >= 0.3 is 0 Å². The molecule has 0 radical (unpaired) electrons. The fraction of sp³-hybridized carbons (Fsp3) is 0.353. The highest BCUT2D eigenvalue weighted by Crippen LogP contribution is 2.16. The van der Waals surface area contributed by atoms with Crippen LogP contribution in [-0.2, 0) is 0 Å². The summed E-state index contributed by atoms with van der Waals surface area (Å²) in [5.74, 6) is 0.475. The number of nitrogens with one attached hydrogen (secondary N) is 2. The van der Waals surface area contributed by atoms with Crippen molar-refractivity contribution in [2.24, 2.45) is 0 Å². The van der Waals surface area contributed by atoms with Crippen molar-refractivity contribution in [3.05, 3.63) is 52.3 Å². The minimum absolute atomic E-state index is 0.00105. The molecule has 134 valence electrons. The average molecular weight is 353 g/mol. The highest BCUT2D eigenvalue weighted by molar-refractivity contribution is 5.95. The molecular formula is C17H19N7O2. The second-order valence-corrected chi connectivity index (χ2v) is 6.38. The van der Waals surface area contributed by atoms with Crippen LogP contribution in [0.25, 0.3) is 5.65 Å². The lowest BCUT2D eigenvalue weighted by Gasteiger charge is -2.33. The molecule has 3 aromatic rings. The Morgan fingerprint density at radius 2 is 2.12 bits per heavy atom. The van der Waals surface area contributed by atoms with Crippen LogP contribution in [-0.4, -0.2) is 49.6 Å². The number of carbonyl (C=O) groups excluding carboxylic acids is 1. The number of fused-ring (bicyclic) bond motifs is 1. The van der Waals surface area contributed by atoms with Crippen molar-refractivity contribution < 1.29 is 4.79 Å². The predicted octanol–water partition coefficient (Wildman–Crippen LogP) is 0.520. The lowest BCUT2D eigenvalue weighted by molar-refractivity contribution is 0.0931. The molecule has 26 heavy (non-hydrogen) atoms. The van der Waals surface area contributed by atoms with Crippen molar-refractivity contribution in [1.29, 1.82) is 0 Å². The zero-order valence-corrected chi connectivity index (χ0v) is 14.3. The number of nitrogens with zero attached hydrogens (tertiary/aromatic N) is 5. The van der Waals surface area contributed by atoms with Gasteiger partial charge in [-0.25, -0.2) is 19.5 Å². The molecule has 1 atom stereocenters. The van der Waals surface area contributed by atoms with E-state index < -0.39 is 0 Å². The minimum Gasteiger partial charge on any atom is -0.347 e. The quantitative estimate of drug-likeness (QED) is 0.711. The number of carbonyl (C=O) groups is 1. The molecule has 2 N–H and O–H groups in total. The molecule has 0 spiro atoms. The van der Waals surface area contributed by atoms with Crippen LogP contribution in [0.5, 0.6) is 0 Å². The van der Waals surface area contributed by atoms with E-state index in [1.165, 1.54) is 16.8 Å². The van der Waals surface area contributed by atoms with Crippen LogP contribution < -0.4 is 15.8 Å². The third-order valence-corrected chi connectivity index (χ3v) is 4.60. The van der Waals surface area contributed by atoms with Crippen LogP contribution in [0.1, 0.15) is 28.9 Å². The Balaban J connectivity index is 1.51. The van der Waals surface area contributed by atoms with E-state index in [0.717, 1.165) is 19.4 Å². The molecule has 0 aromatic carbocycles. The first-order valence-corrected chi connectivity index (χ1v) is 8.52. The number of aromatic nitrogens is 5. The van der Waals surface area contributed by atoms with Crippen molar-refractivity contribution in [1.82, 2.24) is 29.9 Å². The van der Waals surface area contributed by atoms with Gasteiger partial charge in [0.2, 0.25) is 5.95 Å². The van der Waals surface area contributed by atoms with E-state index in [-0.39, 0.29) is 17.5 Å². The Hall–Kier alpha value is -3.23. The number of amides is 1. The van der Waals surface area contributed by atoms with Crippen molar-refractivity contribution in [2.75, 3.05) is 18.0 Å². The first kappa shape index (κ1) is 16.2. The summed E-state index contributed by atoms with van der Waals surface area (Å²) in [5, 5.41) is 5.71. The van der Waals surface area contributed by atoms with Crippen molar-refractivity contribution in [3.8, 4) is 0 Å². The summed E-state index contributed by atoms with van der Waals surface area (Å²) in [7, 11) is 0. The van der Waals surface area contributed by atoms with Gasteiger partial charge in [-0.3, -0.25) is 14.7 Å². The lowest BCUT2D eigenvalue weighted by Crippen LogP contribution is -2.48. The van der Waals surface area contributed by atoms with Gasteiger partial charge in [-0.1, -0.05) is 0 Å². The normalized spacial score (nSPS) is 17.4. The van der Waals surface area contributed by atoms with Crippen LogP contribution >= 0.6 is 0 Å². The van der Waals surface area contributed by atoms with Gasteiger partial charge in [0, 0.05) is 43.8 Å². The molecule has 9 heteroatoms. The molecule has 4 heterocycles. The van der Waals surface area contributed by atoms with E-state index >= 15 is 0 Å². The topological polar surface area (TPSA) is 108 Å².